The molecule has 1 aliphatic heterocycles. The first-order chi connectivity index (χ1) is 15.1. The summed E-state index contributed by atoms with van der Waals surface area (Å²) < 4.78 is 4.70. The molecule has 0 bridgehead atoms. The van der Waals surface area contributed by atoms with E-state index in [2.05, 4.69) is 5.32 Å². The van der Waals surface area contributed by atoms with E-state index in [0.717, 1.165) is 11.1 Å². The van der Waals surface area contributed by atoms with Crippen LogP contribution in [0.15, 0.2) is 78.9 Å². The van der Waals surface area contributed by atoms with Crippen LogP contribution in [0.25, 0.3) is 0 Å². The number of benzene rings is 3. The summed E-state index contributed by atoms with van der Waals surface area (Å²) in [5.74, 6) is -0.871. The number of nitrogens with one attached hydrogen (secondary N) is 1. The van der Waals surface area contributed by atoms with Crippen LogP contribution in [0, 0.1) is 0 Å². The van der Waals surface area contributed by atoms with E-state index in [1.54, 1.807) is 35.2 Å². The summed E-state index contributed by atoms with van der Waals surface area (Å²) in [6.45, 7) is 0.390. The van der Waals surface area contributed by atoms with E-state index >= 15 is 0 Å². The van der Waals surface area contributed by atoms with E-state index < -0.39 is 12.0 Å². The van der Waals surface area contributed by atoms with Crippen molar-refractivity contribution in [1.82, 2.24) is 4.90 Å². The summed E-state index contributed by atoms with van der Waals surface area (Å²) in [6.07, 6.45) is 0.395. The Hall–Kier alpha value is -3.93. The van der Waals surface area contributed by atoms with Crippen molar-refractivity contribution in [2.45, 2.75) is 19.0 Å². The van der Waals surface area contributed by atoms with Gasteiger partial charge in [0.15, 0.2) is 0 Å². The Morgan fingerprint density at radius 3 is 2.32 bits per heavy atom. The zero-order valence-corrected chi connectivity index (χ0v) is 17.1. The Morgan fingerprint density at radius 2 is 1.65 bits per heavy atom. The van der Waals surface area contributed by atoms with Gasteiger partial charge in [-0.2, -0.15) is 0 Å². The van der Waals surface area contributed by atoms with Crippen LogP contribution in [0.3, 0.4) is 0 Å². The van der Waals surface area contributed by atoms with Gasteiger partial charge in [0.2, 0.25) is 5.91 Å². The van der Waals surface area contributed by atoms with Crippen molar-refractivity contribution in [1.29, 1.82) is 0 Å². The Balaban J connectivity index is 1.58. The number of carbonyl (C=O) groups excluding carboxylic acids is 3. The summed E-state index contributed by atoms with van der Waals surface area (Å²) >= 11 is 0. The number of methoxy groups -OCH3 is 1. The van der Waals surface area contributed by atoms with E-state index in [1.165, 1.54) is 7.11 Å². The topological polar surface area (TPSA) is 75.7 Å². The Bertz CT molecular complexity index is 1110. The largest absolute Gasteiger partial charge is 0.465 e. The molecule has 0 saturated carbocycles. The second-order valence-corrected chi connectivity index (χ2v) is 7.35. The SMILES string of the molecule is COC(=O)c1ccc(NC(=O)[C@@H](Cc2ccccc2)N2Cc3ccccc3C2=O)cc1. The molecule has 6 heteroatoms. The van der Waals surface area contributed by atoms with E-state index in [4.69, 9.17) is 4.74 Å². The van der Waals surface area contributed by atoms with Gasteiger partial charge < -0.3 is 15.0 Å². The molecule has 0 fully saturated rings. The summed E-state index contributed by atoms with van der Waals surface area (Å²) in [5, 5.41) is 2.89. The van der Waals surface area contributed by atoms with Crippen molar-refractivity contribution >= 4 is 23.5 Å². The van der Waals surface area contributed by atoms with Crippen LogP contribution in [-0.4, -0.2) is 35.8 Å². The van der Waals surface area contributed by atoms with Crippen molar-refractivity contribution in [3.63, 3.8) is 0 Å². The van der Waals surface area contributed by atoms with Gasteiger partial charge in [-0.3, -0.25) is 9.59 Å². The fraction of sp³-hybridized carbons (Fsp3) is 0.160. The zero-order valence-electron chi connectivity index (χ0n) is 17.1. The smallest absolute Gasteiger partial charge is 0.337 e. The lowest BCUT2D eigenvalue weighted by Crippen LogP contribution is -2.45. The Labute approximate surface area is 180 Å². The summed E-state index contributed by atoms with van der Waals surface area (Å²) in [6, 6.07) is 22.8. The van der Waals surface area contributed by atoms with Crippen molar-refractivity contribution in [2.24, 2.45) is 0 Å². The zero-order chi connectivity index (χ0) is 21.8. The number of rotatable bonds is 6. The van der Waals surface area contributed by atoms with Crippen LogP contribution in [0.1, 0.15) is 31.8 Å². The van der Waals surface area contributed by atoms with Crippen LogP contribution >= 0.6 is 0 Å². The second kappa shape index (κ2) is 8.83. The molecule has 1 atom stereocenters. The number of ether oxygens (including phenoxy) is 1. The van der Waals surface area contributed by atoms with E-state index in [9.17, 15) is 14.4 Å². The van der Waals surface area contributed by atoms with Crippen molar-refractivity contribution in [3.05, 3.63) is 101 Å². The molecule has 0 aliphatic carbocycles. The molecule has 1 heterocycles. The maximum Gasteiger partial charge on any atom is 0.337 e. The minimum atomic E-state index is -0.678. The number of fused-ring (bicyclic) bond motifs is 1. The molecule has 156 valence electrons. The molecule has 6 nitrogen and oxygen atoms in total. The maximum atomic E-state index is 13.3. The highest BCUT2D eigenvalue weighted by atomic mass is 16.5. The minimum absolute atomic E-state index is 0.146. The van der Waals surface area contributed by atoms with Gasteiger partial charge in [-0.05, 0) is 41.5 Å². The number of esters is 1. The first-order valence-corrected chi connectivity index (χ1v) is 9.99. The maximum absolute atomic E-state index is 13.3. The Morgan fingerprint density at radius 1 is 0.968 bits per heavy atom. The van der Waals surface area contributed by atoms with Crippen molar-refractivity contribution < 1.29 is 19.1 Å². The van der Waals surface area contributed by atoms with Gasteiger partial charge in [0.25, 0.3) is 5.91 Å². The quantitative estimate of drug-likeness (QED) is 0.625. The van der Waals surface area contributed by atoms with Gasteiger partial charge >= 0.3 is 5.97 Å². The number of nitrogens with zero attached hydrogens (tertiary/aromatic N) is 1. The normalized spacial score (nSPS) is 13.5. The monoisotopic (exact) mass is 414 g/mol. The molecule has 31 heavy (non-hydrogen) atoms. The second-order valence-electron chi connectivity index (χ2n) is 7.35. The highest BCUT2D eigenvalue weighted by molar-refractivity contribution is 6.03. The molecule has 1 N–H and O–H groups in total. The average molecular weight is 414 g/mol. The summed E-state index contributed by atoms with van der Waals surface area (Å²) in [5.41, 5.74) is 3.45. The van der Waals surface area contributed by atoms with Gasteiger partial charge in [-0.25, -0.2) is 4.79 Å². The third-order valence-corrected chi connectivity index (χ3v) is 5.37. The lowest BCUT2D eigenvalue weighted by atomic mass is 10.0. The first kappa shape index (κ1) is 20.3. The molecule has 0 saturated heterocycles. The standard InChI is InChI=1S/C25H22N2O4/c1-31-25(30)18-11-13-20(14-12-18)26-23(28)22(15-17-7-3-2-4-8-17)27-16-19-9-5-6-10-21(19)24(27)29/h2-14,22H,15-16H2,1H3,(H,26,28)/t22-/m1/s1. The van der Waals surface area contributed by atoms with Crippen LogP contribution in [0.2, 0.25) is 0 Å². The third-order valence-electron chi connectivity index (χ3n) is 5.37. The van der Waals surface area contributed by atoms with Crippen LogP contribution in [0.5, 0.6) is 0 Å². The lowest BCUT2D eigenvalue weighted by molar-refractivity contribution is -0.120. The van der Waals surface area contributed by atoms with Crippen LogP contribution in [0.4, 0.5) is 5.69 Å². The predicted octanol–water partition coefficient (Wildman–Crippen LogP) is 3.68. The molecule has 1 aliphatic rings. The molecule has 3 aromatic carbocycles. The number of hydrogen-bond acceptors (Lipinski definition) is 4. The predicted molar refractivity (Wildman–Crippen MR) is 117 cm³/mol. The number of amides is 2. The molecule has 0 aromatic heterocycles. The van der Waals surface area contributed by atoms with Crippen LogP contribution < -0.4 is 5.32 Å². The van der Waals surface area contributed by atoms with E-state index in [0.29, 0.717) is 29.8 Å². The van der Waals surface area contributed by atoms with Gasteiger partial charge in [0.1, 0.15) is 6.04 Å². The number of anilines is 1. The fourth-order valence-corrected chi connectivity index (χ4v) is 3.74. The lowest BCUT2D eigenvalue weighted by Gasteiger charge is -2.27. The van der Waals surface area contributed by atoms with E-state index in [1.807, 2.05) is 48.5 Å². The van der Waals surface area contributed by atoms with Gasteiger partial charge in [-0.15, -0.1) is 0 Å². The van der Waals surface area contributed by atoms with E-state index in [-0.39, 0.29) is 11.8 Å². The highest BCUT2D eigenvalue weighted by Gasteiger charge is 2.36. The number of hydrogen-bond donors (Lipinski definition) is 1. The molecule has 3 aromatic rings. The van der Waals surface area contributed by atoms with Gasteiger partial charge in [0.05, 0.1) is 12.7 Å². The average Bonchev–Trinajstić information content (AvgIpc) is 3.14. The molecule has 2 amide bonds. The van der Waals surface area contributed by atoms with Crippen molar-refractivity contribution in [3.8, 4) is 0 Å². The summed E-state index contributed by atoms with van der Waals surface area (Å²) in [4.78, 5) is 39.6. The molecule has 4 rings (SSSR count). The fourth-order valence-electron chi connectivity index (χ4n) is 3.74. The highest BCUT2D eigenvalue weighted by Crippen LogP contribution is 2.26. The van der Waals surface area contributed by atoms with Gasteiger partial charge in [-0.1, -0.05) is 48.5 Å². The molecular formula is C25H22N2O4. The minimum Gasteiger partial charge on any atom is -0.465 e. The molecule has 0 radical (unpaired) electrons. The number of carbonyl (C=O) groups is 3. The first-order valence-electron chi connectivity index (χ1n) is 9.99. The van der Waals surface area contributed by atoms with Gasteiger partial charge in [0, 0.05) is 24.2 Å². The van der Waals surface area contributed by atoms with Crippen LogP contribution in [-0.2, 0) is 22.5 Å². The molecule has 0 spiro atoms. The van der Waals surface area contributed by atoms with Crippen molar-refractivity contribution in [2.75, 3.05) is 12.4 Å². The Kier molecular flexibility index (Phi) is 5.80. The molecule has 0 unspecified atom stereocenters. The third kappa shape index (κ3) is 4.33. The molecular weight excluding hydrogens is 392 g/mol. The summed E-state index contributed by atoms with van der Waals surface area (Å²) in [7, 11) is 1.32.